The fraction of sp³-hybridized carbons (Fsp3) is 0. The Hall–Kier alpha value is -3.23. The SMILES string of the molecule is c1ccc([SiH](c2ccccc2)c2c3ccccc3nc3ccccc23)cc1. The summed E-state index contributed by atoms with van der Waals surface area (Å²) in [7, 11) is -1.65. The van der Waals surface area contributed by atoms with Crippen LogP contribution < -0.4 is 15.6 Å². The first-order chi connectivity index (χ1) is 13.4. The van der Waals surface area contributed by atoms with E-state index in [0.717, 1.165) is 11.0 Å². The molecule has 0 aliphatic rings. The monoisotopic (exact) mass is 361 g/mol. The molecule has 0 fully saturated rings. The topological polar surface area (TPSA) is 12.9 Å². The van der Waals surface area contributed by atoms with E-state index in [0.29, 0.717) is 0 Å². The number of para-hydroxylation sites is 2. The van der Waals surface area contributed by atoms with Gasteiger partial charge >= 0.3 is 0 Å². The van der Waals surface area contributed by atoms with Gasteiger partial charge in [-0.05, 0) is 17.3 Å². The summed E-state index contributed by atoms with van der Waals surface area (Å²) in [5.74, 6) is 0. The number of aromatic nitrogens is 1. The third-order valence-electron chi connectivity index (χ3n) is 5.18. The number of hydrogen-bond acceptors (Lipinski definition) is 1. The zero-order chi connectivity index (χ0) is 18.1. The number of hydrogen-bond donors (Lipinski definition) is 0. The van der Waals surface area contributed by atoms with Crippen molar-refractivity contribution in [3.05, 3.63) is 109 Å². The lowest BCUT2D eigenvalue weighted by atomic mass is 10.1. The molecule has 0 N–H and O–H groups in total. The van der Waals surface area contributed by atoms with Crippen LogP contribution >= 0.6 is 0 Å². The van der Waals surface area contributed by atoms with Crippen LogP contribution in [0.15, 0.2) is 109 Å². The Morgan fingerprint density at radius 2 is 0.852 bits per heavy atom. The van der Waals surface area contributed by atoms with E-state index < -0.39 is 8.80 Å². The van der Waals surface area contributed by atoms with E-state index in [2.05, 4.69) is 109 Å². The van der Waals surface area contributed by atoms with Gasteiger partial charge < -0.3 is 0 Å². The number of rotatable bonds is 3. The lowest BCUT2D eigenvalue weighted by Crippen LogP contribution is -2.52. The van der Waals surface area contributed by atoms with Gasteiger partial charge in [0.1, 0.15) is 8.80 Å². The molecule has 0 unspecified atom stereocenters. The first-order valence-corrected chi connectivity index (χ1v) is 11.0. The second kappa shape index (κ2) is 6.82. The van der Waals surface area contributed by atoms with Crippen LogP contribution in [0.25, 0.3) is 21.8 Å². The van der Waals surface area contributed by atoms with Gasteiger partial charge in [-0.2, -0.15) is 0 Å². The Labute approximate surface area is 160 Å². The van der Waals surface area contributed by atoms with Gasteiger partial charge in [0, 0.05) is 10.8 Å². The Morgan fingerprint density at radius 3 is 1.33 bits per heavy atom. The van der Waals surface area contributed by atoms with Gasteiger partial charge in [0.2, 0.25) is 0 Å². The first kappa shape index (κ1) is 16.0. The molecule has 0 aliphatic heterocycles. The second-order valence-corrected chi connectivity index (χ2v) is 9.59. The van der Waals surface area contributed by atoms with Crippen LogP contribution in [0.5, 0.6) is 0 Å². The molecule has 0 radical (unpaired) electrons. The lowest BCUT2D eigenvalue weighted by Gasteiger charge is -2.21. The maximum absolute atomic E-state index is 4.93. The summed E-state index contributed by atoms with van der Waals surface area (Å²) in [6.07, 6.45) is 0. The molecule has 4 aromatic carbocycles. The molecule has 128 valence electrons. The van der Waals surface area contributed by atoms with Crippen LogP contribution in [0.1, 0.15) is 0 Å². The van der Waals surface area contributed by atoms with Crippen molar-refractivity contribution in [2.45, 2.75) is 0 Å². The van der Waals surface area contributed by atoms with Gasteiger partial charge in [-0.1, -0.05) is 107 Å². The normalized spacial score (nSPS) is 11.3. The van der Waals surface area contributed by atoms with E-state index in [9.17, 15) is 0 Å². The highest BCUT2D eigenvalue weighted by atomic mass is 28.3. The van der Waals surface area contributed by atoms with E-state index in [4.69, 9.17) is 4.98 Å². The fourth-order valence-electron chi connectivity index (χ4n) is 4.00. The molecule has 0 amide bonds. The third kappa shape index (κ3) is 2.84. The molecular weight excluding hydrogens is 342 g/mol. The molecule has 0 bridgehead atoms. The molecule has 1 aromatic heterocycles. The van der Waals surface area contributed by atoms with Crippen molar-refractivity contribution in [2.24, 2.45) is 0 Å². The van der Waals surface area contributed by atoms with Crippen molar-refractivity contribution in [3.63, 3.8) is 0 Å². The van der Waals surface area contributed by atoms with Crippen molar-refractivity contribution in [3.8, 4) is 0 Å². The summed E-state index contributed by atoms with van der Waals surface area (Å²) in [5, 5.41) is 6.89. The minimum Gasteiger partial charge on any atom is -0.248 e. The second-order valence-electron chi connectivity index (χ2n) is 6.81. The van der Waals surface area contributed by atoms with Gasteiger partial charge in [-0.15, -0.1) is 0 Å². The van der Waals surface area contributed by atoms with Gasteiger partial charge in [-0.3, -0.25) is 0 Å². The molecule has 1 heterocycles. The summed E-state index contributed by atoms with van der Waals surface area (Å²) < 4.78 is 0. The summed E-state index contributed by atoms with van der Waals surface area (Å²) in [6, 6.07) is 39.1. The van der Waals surface area contributed by atoms with E-state index in [1.54, 1.807) is 0 Å². The molecule has 0 atom stereocenters. The standard InChI is InChI=1S/C25H19NSi/c1-3-11-19(12-4-1)27(20-13-5-2-6-14-20)25-21-15-7-9-17-23(21)26-24-18-10-8-16-22(24)25/h1-18,27H. The smallest absolute Gasteiger partial charge is 0.134 e. The predicted octanol–water partition coefficient (Wildman–Crippen LogP) is 3.64. The summed E-state index contributed by atoms with van der Waals surface area (Å²) in [4.78, 5) is 4.93. The maximum atomic E-state index is 4.93. The molecule has 27 heavy (non-hydrogen) atoms. The van der Waals surface area contributed by atoms with Crippen molar-refractivity contribution in [1.29, 1.82) is 0 Å². The lowest BCUT2D eigenvalue weighted by molar-refractivity contribution is 1.50. The largest absolute Gasteiger partial charge is 0.248 e. The molecule has 0 saturated carbocycles. The first-order valence-electron chi connectivity index (χ1n) is 9.29. The molecule has 0 spiro atoms. The highest BCUT2D eigenvalue weighted by Crippen LogP contribution is 2.18. The highest BCUT2D eigenvalue weighted by molar-refractivity contribution is 6.98. The van der Waals surface area contributed by atoms with E-state index >= 15 is 0 Å². The average molecular weight is 362 g/mol. The molecular formula is C25H19NSi. The van der Waals surface area contributed by atoms with E-state index in [1.807, 2.05) is 0 Å². The summed E-state index contributed by atoms with van der Waals surface area (Å²) in [5.41, 5.74) is 2.16. The third-order valence-corrected chi connectivity index (χ3v) is 8.49. The Kier molecular flexibility index (Phi) is 4.04. The molecule has 5 aromatic rings. The van der Waals surface area contributed by atoms with Crippen LogP contribution in [0.2, 0.25) is 0 Å². The Morgan fingerprint density at radius 1 is 0.444 bits per heavy atom. The number of benzene rings is 4. The molecule has 0 saturated heterocycles. The molecule has 0 aliphatic carbocycles. The average Bonchev–Trinajstić information content (AvgIpc) is 2.75. The van der Waals surface area contributed by atoms with Crippen molar-refractivity contribution >= 4 is 46.2 Å². The van der Waals surface area contributed by atoms with Gasteiger partial charge in [0.15, 0.2) is 0 Å². The number of pyridine rings is 1. The van der Waals surface area contributed by atoms with Crippen LogP contribution in [0, 0.1) is 0 Å². The zero-order valence-corrected chi connectivity index (χ0v) is 16.1. The molecule has 5 rings (SSSR count). The van der Waals surface area contributed by atoms with Gasteiger partial charge in [0.05, 0.1) is 11.0 Å². The predicted molar refractivity (Wildman–Crippen MR) is 118 cm³/mol. The zero-order valence-electron chi connectivity index (χ0n) is 14.9. The van der Waals surface area contributed by atoms with Crippen LogP contribution in [-0.2, 0) is 0 Å². The van der Waals surface area contributed by atoms with E-state index in [1.165, 1.54) is 26.3 Å². The van der Waals surface area contributed by atoms with Gasteiger partial charge in [-0.25, -0.2) is 4.98 Å². The number of fused-ring (bicyclic) bond motifs is 2. The fourth-order valence-corrected chi connectivity index (χ4v) is 7.38. The van der Waals surface area contributed by atoms with E-state index in [-0.39, 0.29) is 0 Å². The highest BCUT2D eigenvalue weighted by Gasteiger charge is 2.23. The summed E-state index contributed by atoms with van der Waals surface area (Å²) >= 11 is 0. The van der Waals surface area contributed by atoms with Crippen LogP contribution in [0.4, 0.5) is 0 Å². The van der Waals surface area contributed by atoms with Crippen molar-refractivity contribution in [2.75, 3.05) is 0 Å². The summed E-state index contributed by atoms with van der Waals surface area (Å²) in [6.45, 7) is 0. The quantitative estimate of drug-likeness (QED) is 0.353. The van der Waals surface area contributed by atoms with Gasteiger partial charge in [0.25, 0.3) is 0 Å². The maximum Gasteiger partial charge on any atom is 0.134 e. The molecule has 1 nitrogen and oxygen atoms in total. The van der Waals surface area contributed by atoms with Crippen molar-refractivity contribution < 1.29 is 0 Å². The van der Waals surface area contributed by atoms with Crippen LogP contribution in [-0.4, -0.2) is 13.8 Å². The van der Waals surface area contributed by atoms with Crippen molar-refractivity contribution in [1.82, 2.24) is 4.98 Å². The Balaban J connectivity index is 1.92. The molecule has 2 heteroatoms. The minimum absolute atomic E-state index is 1.08. The van der Waals surface area contributed by atoms with Crippen LogP contribution in [0.3, 0.4) is 0 Å². The Bertz CT molecular complexity index is 1120. The number of nitrogens with zero attached hydrogens (tertiary/aromatic N) is 1. The minimum atomic E-state index is -1.65.